The van der Waals surface area contributed by atoms with E-state index in [1.807, 2.05) is 0 Å². The molecule has 35 heavy (non-hydrogen) atoms. The molecule has 11 heteroatoms. The van der Waals surface area contributed by atoms with E-state index in [1.165, 1.54) is 58.8 Å². The fraction of sp³-hybridized carbons (Fsp3) is 0.208. The summed E-state index contributed by atoms with van der Waals surface area (Å²) in [6.45, 7) is -0.575. The number of methoxy groups -OCH3 is 4. The number of anilines is 2. The lowest BCUT2D eigenvalue weighted by molar-refractivity contribution is -0.114. The quantitative estimate of drug-likeness (QED) is 0.427. The molecule has 0 aliphatic rings. The number of amides is 1. The monoisotopic (exact) mass is 520 g/mol. The van der Waals surface area contributed by atoms with Crippen LogP contribution in [-0.2, 0) is 14.8 Å². The van der Waals surface area contributed by atoms with Gasteiger partial charge < -0.3 is 24.3 Å². The summed E-state index contributed by atoms with van der Waals surface area (Å²) < 4.78 is 49.4. The van der Waals surface area contributed by atoms with Gasteiger partial charge in [0.25, 0.3) is 10.0 Å². The first kappa shape index (κ1) is 26.0. The number of carbonyl (C=O) groups is 1. The molecule has 0 heterocycles. The van der Waals surface area contributed by atoms with Gasteiger partial charge in [0.2, 0.25) is 5.91 Å². The molecule has 0 aromatic heterocycles. The minimum atomic E-state index is -4.17. The highest BCUT2D eigenvalue weighted by atomic mass is 35.5. The number of rotatable bonds is 10. The summed E-state index contributed by atoms with van der Waals surface area (Å²) in [6.07, 6.45) is 0. The molecule has 9 nitrogen and oxygen atoms in total. The topological polar surface area (TPSA) is 103 Å². The summed E-state index contributed by atoms with van der Waals surface area (Å²) in [5.74, 6) is 0.575. The van der Waals surface area contributed by atoms with Crippen molar-refractivity contribution in [3.05, 3.63) is 65.7 Å². The van der Waals surface area contributed by atoms with Crippen LogP contribution in [0.5, 0.6) is 23.0 Å². The maximum Gasteiger partial charge on any atom is 0.264 e. The smallest absolute Gasteiger partial charge is 0.264 e. The predicted molar refractivity (Wildman–Crippen MR) is 134 cm³/mol. The fourth-order valence-electron chi connectivity index (χ4n) is 3.29. The largest absolute Gasteiger partial charge is 0.497 e. The van der Waals surface area contributed by atoms with Gasteiger partial charge in [0, 0.05) is 18.2 Å². The average molecular weight is 521 g/mol. The van der Waals surface area contributed by atoms with Gasteiger partial charge in [-0.2, -0.15) is 0 Å². The lowest BCUT2D eigenvalue weighted by atomic mass is 10.2. The van der Waals surface area contributed by atoms with E-state index in [1.54, 1.807) is 30.3 Å². The van der Waals surface area contributed by atoms with Gasteiger partial charge in [-0.15, -0.1) is 0 Å². The number of carbonyl (C=O) groups excluding carboxylic acids is 1. The van der Waals surface area contributed by atoms with Crippen LogP contribution in [0.15, 0.2) is 65.6 Å². The summed E-state index contributed by atoms with van der Waals surface area (Å²) in [5, 5.41) is 2.96. The van der Waals surface area contributed by atoms with E-state index < -0.39 is 22.5 Å². The minimum absolute atomic E-state index is 0.00316. The van der Waals surface area contributed by atoms with Crippen molar-refractivity contribution in [2.24, 2.45) is 0 Å². The molecule has 0 unspecified atom stereocenters. The molecule has 0 radical (unpaired) electrons. The van der Waals surface area contributed by atoms with Crippen LogP contribution in [0, 0.1) is 0 Å². The Hall–Kier alpha value is -3.63. The van der Waals surface area contributed by atoms with Crippen LogP contribution < -0.4 is 28.6 Å². The lowest BCUT2D eigenvalue weighted by Crippen LogP contribution is -2.38. The van der Waals surface area contributed by atoms with Gasteiger partial charge in [0.15, 0.2) is 0 Å². The van der Waals surface area contributed by atoms with Crippen LogP contribution in [0.1, 0.15) is 0 Å². The number of benzene rings is 3. The standard InChI is InChI=1S/C24H25ClN2O7S/c1-31-16-10-11-21(32-2)20(12-16)27(35(29,30)17-8-6-5-7-9-17)15-24(28)26-19-14-22(33-3)18(25)13-23(19)34-4/h5-14H,15H2,1-4H3,(H,26,28). The van der Waals surface area contributed by atoms with Crippen molar-refractivity contribution >= 4 is 38.9 Å². The van der Waals surface area contributed by atoms with Crippen molar-refractivity contribution < 1.29 is 32.2 Å². The SMILES string of the molecule is COc1ccc(OC)c(N(CC(=O)Nc2cc(OC)c(Cl)cc2OC)S(=O)(=O)c2ccccc2)c1. The van der Waals surface area contributed by atoms with E-state index in [-0.39, 0.29) is 32.8 Å². The number of nitrogens with one attached hydrogen (secondary N) is 1. The van der Waals surface area contributed by atoms with Crippen LogP contribution in [0.25, 0.3) is 0 Å². The predicted octanol–water partition coefficient (Wildman–Crippen LogP) is 4.21. The Morgan fingerprint density at radius 3 is 2.11 bits per heavy atom. The third kappa shape index (κ3) is 5.72. The molecule has 0 fully saturated rings. The van der Waals surface area contributed by atoms with Gasteiger partial charge >= 0.3 is 0 Å². The normalized spacial score (nSPS) is 10.9. The van der Waals surface area contributed by atoms with E-state index in [4.69, 9.17) is 30.5 Å². The van der Waals surface area contributed by atoms with Crippen LogP contribution in [0.3, 0.4) is 0 Å². The first-order chi connectivity index (χ1) is 16.7. The molecule has 0 spiro atoms. The molecule has 0 bridgehead atoms. The summed E-state index contributed by atoms with van der Waals surface area (Å²) in [4.78, 5) is 13.2. The molecule has 0 aliphatic heterocycles. The summed E-state index contributed by atoms with van der Waals surface area (Å²) in [6, 6.07) is 15.4. The first-order valence-corrected chi connectivity index (χ1v) is 12.1. The van der Waals surface area contributed by atoms with Gasteiger partial charge in [0.1, 0.15) is 29.5 Å². The third-order valence-electron chi connectivity index (χ3n) is 5.02. The van der Waals surface area contributed by atoms with E-state index >= 15 is 0 Å². The van der Waals surface area contributed by atoms with Gasteiger partial charge in [-0.3, -0.25) is 9.10 Å². The van der Waals surface area contributed by atoms with Crippen LogP contribution in [0.4, 0.5) is 11.4 Å². The van der Waals surface area contributed by atoms with Gasteiger partial charge in [-0.1, -0.05) is 29.8 Å². The van der Waals surface area contributed by atoms with Crippen LogP contribution >= 0.6 is 11.6 Å². The molecule has 1 N–H and O–H groups in total. The molecule has 3 rings (SSSR count). The number of hydrogen-bond acceptors (Lipinski definition) is 7. The lowest BCUT2D eigenvalue weighted by Gasteiger charge is -2.26. The zero-order chi connectivity index (χ0) is 25.6. The highest BCUT2D eigenvalue weighted by Gasteiger charge is 2.30. The number of ether oxygens (including phenoxy) is 4. The Morgan fingerprint density at radius 2 is 1.51 bits per heavy atom. The Balaban J connectivity index is 2.06. The molecule has 3 aromatic rings. The van der Waals surface area contributed by atoms with E-state index in [0.717, 1.165) is 4.31 Å². The second-order valence-electron chi connectivity index (χ2n) is 7.10. The number of sulfonamides is 1. The highest BCUT2D eigenvalue weighted by molar-refractivity contribution is 7.92. The number of halogens is 1. The summed E-state index contributed by atoms with van der Waals surface area (Å²) in [5.41, 5.74) is 0.389. The molecule has 1 amide bonds. The van der Waals surface area contributed by atoms with Gasteiger partial charge in [-0.05, 0) is 24.3 Å². The van der Waals surface area contributed by atoms with E-state index in [2.05, 4.69) is 5.32 Å². The van der Waals surface area contributed by atoms with Crippen molar-refractivity contribution in [1.82, 2.24) is 0 Å². The fourth-order valence-corrected chi connectivity index (χ4v) is 4.96. The van der Waals surface area contributed by atoms with E-state index in [9.17, 15) is 13.2 Å². The van der Waals surface area contributed by atoms with Gasteiger partial charge in [0.05, 0.1) is 49.7 Å². The van der Waals surface area contributed by atoms with Crippen molar-refractivity contribution in [2.45, 2.75) is 4.90 Å². The number of hydrogen-bond donors (Lipinski definition) is 1. The van der Waals surface area contributed by atoms with Crippen molar-refractivity contribution in [3.8, 4) is 23.0 Å². The maximum absolute atomic E-state index is 13.6. The molecule has 0 saturated carbocycles. The number of nitrogens with zero attached hydrogens (tertiary/aromatic N) is 1. The Labute approximate surface area is 209 Å². The van der Waals surface area contributed by atoms with E-state index in [0.29, 0.717) is 11.5 Å². The van der Waals surface area contributed by atoms with Crippen molar-refractivity contribution in [3.63, 3.8) is 0 Å². The summed E-state index contributed by atoms with van der Waals surface area (Å²) >= 11 is 6.14. The molecular formula is C24H25ClN2O7S. The summed E-state index contributed by atoms with van der Waals surface area (Å²) in [7, 11) is 1.54. The molecular weight excluding hydrogens is 496 g/mol. The maximum atomic E-state index is 13.6. The third-order valence-corrected chi connectivity index (χ3v) is 7.09. The Bertz CT molecular complexity index is 1300. The Kier molecular flexibility index (Phi) is 8.31. The zero-order valence-electron chi connectivity index (χ0n) is 19.6. The van der Waals surface area contributed by atoms with Crippen LogP contribution in [0.2, 0.25) is 5.02 Å². The molecule has 186 valence electrons. The average Bonchev–Trinajstić information content (AvgIpc) is 2.88. The molecule has 0 atom stereocenters. The van der Waals surface area contributed by atoms with Gasteiger partial charge in [-0.25, -0.2) is 8.42 Å². The first-order valence-electron chi connectivity index (χ1n) is 10.3. The van der Waals surface area contributed by atoms with Crippen molar-refractivity contribution in [1.29, 1.82) is 0 Å². The second-order valence-corrected chi connectivity index (χ2v) is 9.37. The minimum Gasteiger partial charge on any atom is -0.497 e. The highest BCUT2D eigenvalue weighted by Crippen LogP contribution is 2.37. The Morgan fingerprint density at radius 1 is 0.857 bits per heavy atom. The van der Waals surface area contributed by atoms with Crippen LogP contribution in [-0.4, -0.2) is 49.3 Å². The zero-order valence-corrected chi connectivity index (χ0v) is 21.1. The molecule has 0 aliphatic carbocycles. The second kappa shape index (κ2) is 11.2. The van der Waals surface area contributed by atoms with Crippen molar-refractivity contribution in [2.75, 3.05) is 44.6 Å². The molecule has 0 saturated heterocycles. The molecule has 3 aromatic carbocycles.